The van der Waals surface area contributed by atoms with Crippen molar-refractivity contribution in [1.29, 1.82) is 0 Å². The summed E-state index contributed by atoms with van der Waals surface area (Å²) >= 11 is 0. The molecule has 2 aliphatic rings. The molecule has 1 aromatic rings. The van der Waals surface area contributed by atoms with Crippen LogP contribution in [0.4, 0.5) is 0 Å². The van der Waals surface area contributed by atoms with Crippen molar-refractivity contribution in [2.45, 2.75) is 19.4 Å². The summed E-state index contributed by atoms with van der Waals surface area (Å²) in [6.07, 6.45) is 5.77. The Labute approximate surface area is 88.1 Å². The zero-order valence-electron chi connectivity index (χ0n) is 8.52. The van der Waals surface area contributed by atoms with Crippen molar-refractivity contribution in [3.05, 3.63) is 18.2 Å². The van der Waals surface area contributed by atoms with Crippen LogP contribution in [0.15, 0.2) is 17.5 Å². The van der Waals surface area contributed by atoms with Crippen LogP contribution in [0.25, 0.3) is 0 Å². The van der Waals surface area contributed by atoms with Gasteiger partial charge in [-0.25, -0.2) is 9.66 Å². The fraction of sp³-hybridized carbons (Fsp3) is 0.600. The monoisotopic (exact) mass is 206 g/mol. The molecule has 3 rings (SSSR count). The van der Waals surface area contributed by atoms with E-state index in [0.717, 1.165) is 44.1 Å². The van der Waals surface area contributed by atoms with Gasteiger partial charge in [-0.15, -0.1) is 0 Å². The maximum absolute atomic E-state index is 5.34. The molecule has 0 bridgehead atoms. The van der Waals surface area contributed by atoms with Crippen molar-refractivity contribution < 1.29 is 4.74 Å². The van der Waals surface area contributed by atoms with Gasteiger partial charge in [0, 0.05) is 19.1 Å². The Bertz CT molecular complexity index is 379. The minimum absolute atomic E-state index is 0.522. The highest BCUT2D eigenvalue weighted by molar-refractivity contribution is 5.92. The second-order valence-electron chi connectivity index (χ2n) is 3.95. The SMILES string of the molecule is c1ncn2c1CN=C(C1CCOCC1)N2. The molecule has 80 valence electrons. The third-order valence-corrected chi connectivity index (χ3v) is 2.97. The van der Waals surface area contributed by atoms with Gasteiger partial charge >= 0.3 is 0 Å². The van der Waals surface area contributed by atoms with Crippen molar-refractivity contribution in [2.75, 3.05) is 18.6 Å². The number of hydrogen-bond acceptors (Lipinski definition) is 4. The molecule has 0 spiro atoms. The number of nitrogens with zero attached hydrogens (tertiary/aromatic N) is 3. The van der Waals surface area contributed by atoms with E-state index in [4.69, 9.17) is 4.74 Å². The van der Waals surface area contributed by atoms with Crippen LogP contribution in [-0.4, -0.2) is 28.7 Å². The van der Waals surface area contributed by atoms with E-state index in [9.17, 15) is 0 Å². The number of aromatic nitrogens is 2. The van der Waals surface area contributed by atoms with Crippen LogP contribution in [-0.2, 0) is 11.3 Å². The van der Waals surface area contributed by atoms with Crippen molar-refractivity contribution in [3.8, 4) is 0 Å². The molecule has 0 aliphatic carbocycles. The molecule has 0 unspecified atom stereocenters. The van der Waals surface area contributed by atoms with E-state index in [1.807, 2.05) is 10.9 Å². The summed E-state index contributed by atoms with van der Waals surface area (Å²) in [5.74, 6) is 1.61. The number of imidazole rings is 1. The second kappa shape index (κ2) is 3.66. The fourth-order valence-corrected chi connectivity index (χ4v) is 2.06. The van der Waals surface area contributed by atoms with Gasteiger partial charge in [-0.05, 0) is 12.8 Å². The van der Waals surface area contributed by atoms with E-state index < -0.39 is 0 Å². The summed E-state index contributed by atoms with van der Waals surface area (Å²) in [5, 5.41) is 0. The van der Waals surface area contributed by atoms with Gasteiger partial charge in [0.1, 0.15) is 12.2 Å². The van der Waals surface area contributed by atoms with Crippen LogP contribution in [0.3, 0.4) is 0 Å². The molecule has 0 aromatic carbocycles. The Hall–Kier alpha value is -1.36. The predicted octanol–water partition coefficient (Wildman–Crippen LogP) is 0.765. The predicted molar refractivity (Wildman–Crippen MR) is 56.3 cm³/mol. The smallest absolute Gasteiger partial charge is 0.119 e. The first kappa shape index (κ1) is 8.91. The van der Waals surface area contributed by atoms with Crippen LogP contribution in [0.2, 0.25) is 0 Å². The van der Waals surface area contributed by atoms with E-state index in [1.165, 1.54) is 0 Å². The lowest BCUT2D eigenvalue weighted by atomic mass is 9.99. The molecule has 1 saturated heterocycles. The van der Waals surface area contributed by atoms with Crippen molar-refractivity contribution in [2.24, 2.45) is 10.9 Å². The highest BCUT2D eigenvalue weighted by Gasteiger charge is 2.22. The second-order valence-corrected chi connectivity index (χ2v) is 3.95. The molecule has 15 heavy (non-hydrogen) atoms. The van der Waals surface area contributed by atoms with Crippen LogP contribution < -0.4 is 5.43 Å². The van der Waals surface area contributed by atoms with Crippen LogP contribution >= 0.6 is 0 Å². The lowest BCUT2D eigenvalue weighted by Gasteiger charge is -2.27. The number of nitrogens with one attached hydrogen (secondary N) is 1. The van der Waals surface area contributed by atoms with Crippen molar-refractivity contribution >= 4 is 5.84 Å². The summed E-state index contributed by atoms with van der Waals surface area (Å²) in [4.78, 5) is 8.64. The molecule has 1 aromatic heterocycles. The zero-order valence-corrected chi connectivity index (χ0v) is 8.52. The molecule has 0 atom stereocenters. The Morgan fingerprint density at radius 2 is 2.27 bits per heavy atom. The van der Waals surface area contributed by atoms with Gasteiger partial charge in [0.05, 0.1) is 18.4 Å². The lowest BCUT2D eigenvalue weighted by Crippen LogP contribution is -2.36. The van der Waals surface area contributed by atoms with Crippen LogP contribution in [0.5, 0.6) is 0 Å². The van der Waals surface area contributed by atoms with Crippen molar-refractivity contribution in [3.63, 3.8) is 0 Å². The Morgan fingerprint density at radius 1 is 1.40 bits per heavy atom. The molecule has 1 N–H and O–H groups in total. The summed E-state index contributed by atoms with van der Waals surface area (Å²) < 4.78 is 7.30. The molecule has 1 fully saturated rings. The average Bonchev–Trinajstić information content (AvgIpc) is 2.77. The molecule has 3 heterocycles. The summed E-state index contributed by atoms with van der Waals surface area (Å²) in [6, 6.07) is 0. The quantitative estimate of drug-likeness (QED) is 0.738. The first-order valence-corrected chi connectivity index (χ1v) is 5.34. The van der Waals surface area contributed by atoms with Gasteiger partial charge < -0.3 is 4.74 Å². The van der Waals surface area contributed by atoms with Gasteiger partial charge in [0.25, 0.3) is 0 Å². The van der Waals surface area contributed by atoms with Gasteiger partial charge in [0.15, 0.2) is 0 Å². The van der Waals surface area contributed by atoms with Gasteiger partial charge in [-0.1, -0.05) is 0 Å². The largest absolute Gasteiger partial charge is 0.381 e. The zero-order chi connectivity index (χ0) is 10.1. The lowest BCUT2D eigenvalue weighted by molar-refractivity contribution is 0.0825. The minimum Gasteiger partial charge on any atom is -0.381 e. The summed E-state index contributed by atoms with van der Waals surface area (Å²) in [5.41, 5.74) is 4.41. The maximum atomic E-state index is 5.34. The first-order chi connectivity index (χ1) is 7.43. The van der Waals surface area contributed by atoms with E-state index in [1.54, 1.807) is 6.33 Å². The molecular formula is C10H14N4O. The third kappa shape index (κ3) is 1.63. The Kier molecular flexibility index (Phi) is 2.17. The van der Waals surface area contributed by atoms with E-state index in [2.05, 4.69) is 15.4 Å². The molecule has 5 nitrogen and oxygen atoms in total. The topological polar surface area (TPSA) is 51.4 Å². The Morgan fingerprint density at radius 3 is 3.13 bits per heavy atom. The number of hydrogen-bond donors (Lipinski definition) is 1. The normalized spacial score (nSPS) is 21.7. The van der Waals surface area contributed by atoms with Crippen molar-refractivity contribution in [1.82, 2.24) is 9.66 Å². The molecule has 5 heteroatoms. The molecular weight excluding hydrogens is 192 g/mol. The highest BCUT2D eigenvalue weighted by Crippen LogP contribution is 2.18. The first-order valence-electron chi connectivity index (χ1n) is 5.34. The molecule has 2 aliphatic heterocycles. The molecule has 0 saturated carbocycles. The number of fused-ring (bicyclic) bond motifs is 1. The third-order valence-electron chi connectivity index (χ3n) is 2.97. The van der Waals surface area contributed by atoms with E-state index >= 15 is 0 Å². The number of aliphatic imine (C=N–C) groups is 1. The molecule has 0 radical (unpaired) electrons. The summed E-state index contributed by atoms with van der Waals surface area (Å²) in [6.45, 7) is 2.43. The average molecular weight is 206 g/mol. The van der Waals surface area contributed by atoms with E-state index in [-0.39, 0.29) is 0 Å². The fourth-order valence-electron chi connectivity index (χ4n) is 2.06. The number of ether oxygens (including phenoxy) is 1. The van der Waals surface area contributed by atoms with Gasteiger partial charge in [0.2, 0.25) is 0 Å². The maximum Gasteiger partial charge on any atom is 0.119 e. The summed E-state index contributed by atoms with van der Waals surface area (Å²) in [7, 11) is 0. The standard InChI is InChI=1S/C10H14N4O/c1-3-15-4-2-8(1)10-12-6-9-5-11-7-14(9)13-10/h5,7-8H,1-4,6H2,(H,12,13). The number of amidine groups is 1. The number of rotatable bonds is 1. The van der Waals surface area contributed by atoms with Crippen LogP contribution in [0.1, 0.15) is 18.5 Å². The minimum atomic E-state index is 0.522. The van der Waals surface area contributed by atoms with E-state index in [0.29, 0.717) is 5.92 Å². The Balaban J connectivity index is 1.75. The highest BCUT2D eigenvalue weighted by atomic mass is 16.5. The molecule has 0 amide bonds. The van der Waals surface area contributed by atoms with Gasteiger partial charge in [-0.3, -0.25) is 10.4 Å². The van der Waals surface area contributed by atoms with Crippen LogP contribution in [0, 0.1) is 5.92 Å². The van der Waals surface area contributed by atoms with Gasteiger partial charge in [-0.2, -0.15) is 0 Å².